The Morgan fingerprint density at radius 2 is 2.04 bits per heavy atom. The molecule has 0 spiro atoms. The van der Waals surface area contributed by atoms with Crippen molar-refractivity contribution in [3.8, 4) is 17.1 Å². The van der Waals surface area contributed by atoms with Gasteiger partial charge in [-0.2, -0.15) is 0 Å². The maximum atomic E-state index is 12.5. The van der Waals surface area contributed by atoms with Gasteiger partial charge < -0.3 is 14.6 Å². The summed E-state index contributed by atoms with van der Waals surface area (Å²) in [4.78, 5) is 12.5. The highest BCUT2D eigenvalue weighted by molar-refractivity contribution is 5.91. The molecule has 4 rings (SSSR count). The van der Waals surface area contributed by atoms with Crippen LogP contribution < -0.4 is 10.1 Å². The van der Waals surface area contributed by atoms with Crippen molar-refractivity contribution in [2.24, 2.45) is 7.05 Å². The molecule has 6 nitrogen and oxygen atoms in total. The molecule has 1 aliphatic rings. The van der Waals surface area contributed by atoms with Gasteiger partial charge in [0.2, 0.25) is 5.91 Å². The maximum absolute atomic E-state index is 12.5. The van der Waals surface area contributed by atoms with E-state index in [1.807, 2.05) is 60.1 Å². The zero-order valence-electron chi connectivity index (χ0n) is 14.6. The minimum atomic E-state index is 0.0121. The molecule has 132 valence electrons. The third-order valence-corrected chi connectivity index (χ3v) is 4.65. The standard InChI is InChI=1S/C20H20N4O2/c1-24-13-21-23-20(24)14-6-8-16(9-7-14)22-19(25)12-15-10-11-26-18-5-3-2-4-17(15)18/h2-9,13,15H,10-12H2,1H3,(H,22,25)/t15-/m1/s1. The Morgan fingerprint density at radius 1 is 1.23 bits per heavy atom. The maximum Gasteiger partial charge on any atom is 0.224 e. The average Bonchev–Trinajstić information content (AvgIpc) is 3.09. The van der Waals surface area contributed by atoms with Gasteiger partial charge >= 0.3 is 0 Å². The average molecular weight is 348 g/mol. The molecule has 0 saturated heterocycles. The molecule has 1 amide bonds. The Balaban J connectivity index is 1.42. The number of para-hydroxylation sites is 1. The number of amides is 1. The van der Waals surface area contributed by atoms with E-state index in [9.17, 15) is 4.79 Å². The Bertz CT molecular complexity index is 918. The molecule has 26 heavy (non-hydrogen) atoms. The van der Waals surface area contributed by atoms with Gasteiger partial charge in [0.1, 0.15) is 12.1 Å². The molecule has 0 fully saturated rings. The predicted octanol–water partition coefficient (Wildman–Crippen LogP) is 3.38. The highest BCUT2D eigenvalue weighted by atomic mass is 16.5. The van der Waals surface area contributed by atoms with Crippen LogP contribution in [0.4, 0.5) is 5.69 Å². The quantitative estimate of drug-likeness (QED) is 0.785. The second kappa shape index (κ2) is 7.00. The number of nitrogens with one attached hydrogen (secondary N) is 1. The number of aryl methyl sites for hydroxylation is 1. The number of aromatic nitrogens is 3. The van der Waals surface area contributed by atoms with E-state index >= 15 is 0 Å². The molecular weight excluding hydrogens is 328 g/mol. The highest BCUT2D eigenvalue weighted by Gasteiger charge is 2.23. The molecule has 0 bridgehead atoms. The van der Waals surface area contributed by atoms with Gasteiger partial charge in [-0.05, 0) is 48.2 Å². The van der Waals surface area contributed by atoms with Gasteiger partial charge in [-0.3, -0.25) is 4.79 Å². The van der Waals surface area contributed by atoms with Gasteiger partial charge in [-0.1, -0.05) is 18.2 Å². The van der Waals surface area contributed by atoms with E-state index in [0.717, 1.165) is 34.8 Å². The summed E-state index contributed by atoms with van der Waals surface area (Å²) in [5, 5.41) is 11.0. The number of ether oxygens (including phenoxy) is 1. The number of fused-ring (bicyclic) bond motifs is 1. The second-order valence-electron chi connectivity index (χ2n) is 6.47. The zero-order valence-corrected chi connectivity index (χ0v) is 14.6. The molecule has 1 N–H and O–H groups in total. The first-order valence-corrected chi connectivity index (χ1v) is 8.67. The van der Waals surface area contributed by atoms with Gasteiger partial charge in [-0.15, -0.1) is 10.2 Å². The normalized spacial score (nSPS) is 15.8. The van der Waals surface area contributed by atoms with Crippen molar-refractivity contribution in [1.82, 2.24) is 14.8 Å². The first kappa shape index (κ1) is 16.3. The van der Waals surface area contributed by atoms with Crippen molar-refractivity contribution >= 4 is 11.6 Å². The molecule has 3 aromatic rings. The van der Waals surface area contributed by atoms with Crippen LogP contribution in [-0.4, -0.2) is 27.3 Å². The van der Waals surface area contributed by atoms with Crippen LogP contribution in [0.1, 0.15) is 24.3 Å². The van der Waals surface area contributed by atoms with Gasteiger partial charge in [0, 0.05) is 24.7 Å². The third kappa shape index (κ3) is 3.31. The summed E-state index contributed by atoms with van der Waals surface area (Å²) in [6.07, 6.45) is 2.97. The minimum absolute atomic E-state index is 0.0121. The molecule has 6 heteroatoms. The lowest BCUT2D eigenvalue weighted by Crippen LogP contribution is -2.20. The summed E-state index contributed by atoms with van der Waals surface area (Å²) < 4.78 is 7.52. The monoisotopic (exact) mass is 348 g/mol. The smallest absolute Gasteiger partial charge is 0.224 e. The molecule has 0 radical (unpaired) electrons. The van der Waals surface area contributed by atoms with E-state index in [1.165, 1.54) is 0 Å². The summed E-state index contributed by atoms with van der Waals surface area (Å²) in [6.45, 7) is 0.654. The first-order valence-electron chi connectivity index (χ1n) is 8.67. The molecule has 0 aliphatic carbocycles. The fourth-order valence-electron chi connectivity index (χ4n) is 3.31. The second-order valence-corrected chi connectivity index (χ2v) is 6.47. The number of hydrogen-bond donors (Lipinski definition) is 1. The fraction of sp³-hybridized carbons (Fsp3) is 0.250. The highest BCUT2D eigenvalue weighted by Crippen LogP contribution is 2.35. The van der Waals surface area contributed by atoms with Crippen LogP contribution in [0.15, 0.2) is 54.9 Å². The summed E-state index contributed by atoms with van der Waals surface area (Å²) in [5.74, 6) is 1.89. The van der Waals surface area contributed by atoms with E-state index in [1.54, 1.807) is 6.33 Å². The van der Waals surface area contributed by atoms with Crippen LogP contribution in [0.3, 0.4) is 0 Å². The van der Waals surface area contributed by atoms with Crippen molar-refractivity contribution < 1.29 is 9.53 Å². The van der Waals surface area contributed by atoms with Crippen LogP contribution in [-0.2, 0) is 11.8 Å². The van der Waals surface area contributed by atoms with Gasteiger partial charge in [0.05, 0.1) is 6.61 Å². The molecule has 0 saturated carbocycles. The Morgan fingerprint density at radius 3 is 2.81 bits per heavy atom. The molecule has 1 aliphatic heterocycles. The Hall–Kier alpha value is -3.15. The number of hydrogen-bond acceptors (Lipinski definition) is 4. The lowest BCUT2D eigenvalue weighted by atomic mass is 9.90. The number of carbonyl (C=O) groups excluding carboxylic acids is 1. The molecule has 1 aromatic heterocycles. The largest absolute Gasteiger partial charge is 0.493 e. The van der Waals surface area contributed by atoms with Crippen LogP contribution in [0.25, 0.3) is 11.4 Å². The van der Waals surface area contributed by atoms with Crippen LogP contribution >= 0.6 is 0 Å². The van der Waals surface area contributed by atoms with Gasteiger partial charge in [0.25, 0.3) is 0 Å². The molecule has 1 atom stereocenters. The fourth-order valence-corrected chi connectivity index (χ4v) is 3.31. The van der Waals surface area contributed by atoms with Crippen molar-refractivity contribution in [2.75, 3.05) is 11.9 Å². The predicted molar refractivity (Wildman–Crippen MR) is 99.0 cm³/mol. The van der Waals surface area contributed by atoms with E-state index < -0.39 is 0 Å². The van der Waals surface area contributed by atoms with E-state index in [2.05, 4.69) is 15.5 Å². The molecule has 2 aromatic carbocycles. The van der Waals surface area contributed by atoms with Gasteiger partial charge in [-0.25, -0.2) is 0 Å². The van der Waals surface area contributed by atoms with Crippen molar-refractivity contribution in [1.29, 1.82) is 0 Å². The lowest BCUT2D eigenvalue weighted by molar-refractivity contribution is -0.116. The SMILES string of the molecule is Cn1cnnc1-c1ccc(NC(=O)C[C@H]2CCOc3ccccc32)cc1. The zero-order chi connectivity index (χ0) is 17.9. The van der Waals surface area contributed by atoms with E-state index in [0.29, 0.717) is 13.0 Å². The number of rotatable bonds is 4. The summed E-state index contributed by atoms with van der Waals surface area (Å²) in [5.41, 5.74) is 2.86. The van der Waals surface area contributed by atoms with Crippen molar-refractivity contribution in [2.45, 2.75) is 18.8 Å². The van der Waals surface area contributed by atoms with E-state index in [-0.39, 0.29) is 11.8 Å². The number of anilines is 1. The third-order valence-electron chi connectivity index (χ3n) is 4.65. The van der Waals surface area contributed by atoms with Gasteiger partial charge in [0.15, 0.2) is 5.82 Å². The van der Waals surface area contributed by atoms with Crippen LogP contribution in [0, 0.1) is 0 Å². The number of benzene rings is 2. The summed E-state index contributed by atoms with van der Waals surface area (Å²) >= 11 is 0. The van der Waals surface area contributed by atoms with Crippen LogP contribution in [0.2, 0.25) is 0 Å². The number of carbonyl (C=O) groups is 1. The molecule has 0 unspecified atom stereocenters. The lowest BCUT2D eigenvalue weighted by Gasteiger charge is -2.25. The van der Waals surface area contributed by atoms with Crippen molar-refractivity contribution in [3.05, 3.63) is 60.4 Å². The summed E-state index contributed by atoms with van der Waals surface area (Å²) in [6, 6.07) is 15.6. The minimum Gasteiger partial charge on any atom is -0.493 e. The summed E-state index contributed by atoms with van der Waals surface area (Å²) in [7, 11) is 1.90. The molecular formula is C20H20N4O2. The molecule has 2 heterocycles. The van der Waals surface area contributed by atoms with E-state index in [4.69, 9.17) is 4.74 Å². The Labute approximate surface area is 151 Å². The first-order chi connectivity index (χ1) is 12.7. The Kier molecular flexibility index (Phi) is 4.39. The number of nitrogens with zero attached hydrogens (tertiary/aromatic N) is 3. The van der Waals surface area contributed by atoms with Crippen molar-refractivity contribution in [3.63, 3.8) is 0 Å². The van der Waals surface area contributed by atoms with Crippen LogP contribution in [0.5, 0.6) is 5.75 Å². The topological polar surface area (TPSA) is 69.0 Å².